The summed E-state index contributed by atoms with van der Waals surface area (Å²) in [5.74, 6) is -0.403. The largest absolute Gasteiger partial charge is 0.347 e. The van der Waals surface area contributed by atoms with Crippen molar-refractivity contribution in [3.05, 3.63) is 63.1 Å². The van der Waals surface area contributed by atoms with Crippen LogP contribution < -0.4 is 16.2 Å². The Kier molecular flexibility index (Phi) is 5.14. The highest BCUT2D eigenvalue weighted by Gasteiger charge is 2.24. The third-order valence-corrected chi connectivity index (χ3v) is 3.95. The topological polar surface area (TPSA) is 86.9 Å². The molecule has 7 heteroatoms. The lowest BCUT2D eigenvalue weighted by Gasteiger charge is -2.23. The lowest BCUT2D eigenvalue weighted by molar-refractivity contribution is 0.0944. The van der Waals surface area contributed by atoms with Crippen molar-refractivity contribution in [2.45, 2.75) is 32.9 Å². The number of rotatable bonds is 5. The molecule has 0 aliphatic rings. The van der Waals surface area contributed by atoms with Crippen molar-refractivity contribution in [1.82, 2.24) is 20.6 Å². The van der Waals surface area contributed by atoms with Crippen LogP contribution in [-0.2, 0) is 12.1 Å². The summed E-state index contributed by atoms with van der Waals surface area (Å²) in [6.07, 6.45) is 0. The molecular formula is C17H21FN4O2. The van der Waals surface area contributed by atoms with Gasteiger partial charge in [-0.25, -0.2) is 9.37 Å². The number of amides is 1. The first kappa shape index (κ1) is 17.8. The maximum absolute atomic E-state index is 12.9. The molecule has 128 valence electrons. The molecule has 1 aromatic carbocycles. The van der Waals surface area contributed by atoms with Gasteiger partial charge in [-0.2, -0.15) is 0 Å². The zero-order chi connectivity index (χ0) is 17.9. The Hall–Kier alpha value is -2.54. The zero-order valence-corrected chi connectivity index (χ0v) is 14.2. The zero-order valence-electron chi connectivity index (χ0n) is 14.2. The Morgan fingerprint density at radius 2 is 1.92 bits per heavy atom. The minimum absolute atomic E-state index is 0.0826. The van der Waals surface area contributed by atoms with Gasteiger partial charge in [0.2, 0.25) is 0 Å². The van der Waals surface area contributed by atoms with Crippen molar-refractivity contribution >= 4 is 5.91 Å². The Labute approximate surface area is 139 Å². The molecule has 0 bridgehead atoms. The first-order chi connectivity index (χ1) is 11.2. The predicted octanol–water partition coefficient (Wildman–Crippen LogP) is 1.60. The maximum atomic E-state index is 12.9. The molecular weight excluding hydrogens is 311 g/mol. The van der Waals surface area contributed by atoms with Gasteiger partial charge in [-0.15, -0.1) is 0 Å². The van der Waals surface area contributed by atoms with Crippen LogP contribution in [0.3, 0.4) is 0 Å². The highest BCUT2D eigenvalue weighted by Crippen LogP contribution is 2.14. The van der Waals surface area contributed by atoms with Crippen LogP contribution in [0.2, 0.25) is 0 Å². The molecule has 0 saturated heterocycles. The van der Waals surface area contributed by atoms with E-state index in [1.807, 2.05) is 13.8 Å². The van der Waals surface area contributed by atoms with Crippen molar-refractivity contribution in [2.24, 2.45) is 0 Å². The molecule has 2 rings (SSSR count). The number of nitrogens with zero attached hydrogens (tertiary/aromatic N) is 1. The molecule has 1 aromatic heterocycles. The molecule has 24 heavy (non-hydrogen) atoms. The summed E-state index contributed by atoms with van der Waals surface area (Å²) in [4.78, 5) is 31.5. The van der Waals surface area contributed by atoms with Crippen LogP contribution in [0.15, 0.2) is 29.1 Å². The number of carbonyl (C=O) groups excluding carboxylic acids is 1. The first-order valence-corrected chi connectivity index (χ1v) is 7.57. The number of carbonyl (C=O) groups is 1. The number of benzene rings is 1. The summed E-state index contributed by atoms with van der Waals surface area (Å²) >= 11 is 0. The quantitative estimate of drug-likeness (QED) is 0.776. The SMILES string of the molecule is CNC(C)(C)c1nc(C(=O)NCc2ccc(F)cc2)c(C)c(=O)[nH]1. The van der Waals surface area contributed by atoms with Crippen LogP contribution in [0.25, 0.3) is 0 Å². The van der Waals surface area contributed by atoms with Crippen LogP contribution in [-0.4, -0.2) is 22.9 Å². The number of aromatic nitrogens is 2. The second-order valence-electron chi connectivity index (χ2n) is 6.07. The number of H-pyrrole nitrogens is 1. The average molecular weight is 332 g/mol. The molecule has 0 saturated carbocycles. The summed E-state index contributed by atoms with van der Waals surface area (Å²) in [6, 6.07) is 5.82. The second kappa shape index (κ2) is 6.92. The molecule has 0 spiro atoms. The van der Waals surface area contributed by atoms with Crippen LogP contribution in [0.4, 0.5) is 4.39 Å². The van der Waals surface area contributed by atoms with E-state index in [2.05, 4.69) is 20.6 Å². The van der Waals surface area contributed by atoms with E-state index in [4.69, 9.17) is 0 Å². The lowest BCUT2D eigenvalue weighted by Crippen LogP contribution is -2.39. The van der Waals surface area contributed by atoms with Gasteiger partial charge in [0.05, 0.1) is 5.54 Å². The van der Waals surface area contributed by atoms with E-state index >= 15 is 0 Å². The maximum Gasteiger partial charge on any atom is 0.270 e. The Morgan fingerprint density at radius 3 is 2.50 bits per heavy atom. The molecule has 2 aromatic rings. The number of hydrogen-bond acceptors (Lipinski definition) is 4. The molecule has 0 unspecified atom stereocenters. The van der Waals surface area contributed by atoms with E-state index < -0.39 is 11.4 Å². The van der Waals surface area contributed by atoms with E-state index in [9.17, 15) is 14.0 Å². The molecule has 0 atom stereocenters. The molecule has 0 aliphatic carbocycles. The fourth-order valence-corrected chi connectivity index (χ4v) is 2.04. The fourth-order valence-electron chi connectivity index (χ4n) is 2.04. The molecule has 0 aliphatic heterocycles. The van der Waals surface area contributed by atoms with E-state index in [1.54, 1.807) is 26.1 Å². The fraction of sp³-hybridized carbons (Fsp3) is 0.353. The molecule has 0 fully saturated rings. The minimum Gasteiger partial charge on any atom is -0.347 e. The number of aromatic amines is 1. The van der Waals surface area contributed by atoms with Crippen LogP contribution >= 0.6 is 0 Å². The lowest BCUT2D eigenvalue weighted by atomic mass is 10.0. The van der Waals surface area contributed by atoms with Gasteiger partial charge < -0.3 is 15.6 Å². The van der Waals surface area contributed by atoms with Gasteiger partial charge in [-0.1, -0.05) is 12.1 Å². The van der Waals surface area contributed by atoms with Crippen LogP contribution in [0.5, 0.6) is 0 Å². The highest BCUT2D eigenvalue weighted by atomic mass is 19.1. The number of halogens is 1. The second-order valence-corrected chi connectivity index (χ2v) is 6.07. The van der Waals surface area contributed by atoms with Gasteiger partial charge in [0.1, 0.15) is 17.3 Å². The van der Waals surface area contributed by atoms with E-state index in [0.717, 1.165) is 5.56 Å². The minimum atomic E-state index is -0.584. The Morgan fingerprint density at radius 1 is 1.29 bits per heavy atom. The third-order valence-electron chi connectivity index (χ3n) is 3.95. The van der Waals surface area contributed by atoms with Crippen molar-refractivity contribution in [3.63, 3.8) is 0 Å². The normalized spacial score (nSPS) is 11.4. The molecule has 1 amide bonds. The molecule has 3 N–H and O–H groups in total. The smallest absolute Gasteiger partial charge is 0.270 e. The summed E-state index contributed by atoms with van der Waals surface area (Å²) in [5.41, 5.74) is 0.151. The van der Waals surface area contributed by atoms with Gasteiger partial charge in [-0.05, 0) is 45.5 Å². The summed E-state index contributed by atoms with van der Waals surface area (Å²) in [5, 5.41) is 5.74. The number of nitrogens with one attached hydrogen (secondary N) is 3. The summed E-state index contributed by atoms with van der Waals surface area (Å²) in [7, 11) is 1.74. The van der Waals surface area contributed by atoms with Crippen molar-refractivity contribution in [2.75, 3.05) is 7.05 Å². The molecule has 1 heterocycles. The van der Waals surface area contributed by atoms with E-state index in [0.29, 0.717) is 5.82 Å². The van der Waals surface area contributed by atoms with Crippen molar-refractivity contribution in [1.29, 1.82) is 0 Å². The van der Waals surface area contributed by atoms with E-state index in [-0.39, 0.29) is 29.2 Å². The van der Waals surface area contributed by atoms with Gasteiger partial charge in [0.15, 0.2) is 0 Å². The predicted molar refractivity (Wildman–Crippen MR) is 89.3 cm³/mol. The summed E-state index contributed by atoms with van der Waals surface area (Å²) < 4.78 is 12.9. The molecule has 0 radical (unpaired) electrons. The highest BCUT2D eigenvalue weighted by molar-refractivity contribution is 5.93. The van der Waals surface area contributed by atoms with Crippen LogP contribution in [0, 0.1) is 12.7 Å². The van der Waals surface area contributed by atoms with Crippen LogP contribution in [0.1, 0.15) is 41.3 Å². The Balaban J connectivity index is 2.25. The van der Waals surface area contributed by atoms with Gasteiger partial charge >= 0.3 is 0 Å². The number of hydrogen-bond donors (Lipinski definition) is 3. The summed E-state index contributed by atoms with van der Waals surface area (Å²) in [6.45, 7) is 5.47. The molecule has 6 nitrogen and oxygen atoms in total. The average Bonchev–Trinajstić information content (AvgIpc) is 2.56. The monoisotopic (exact) mass is 332 g/mol. The Bertz CT molecular complexity index is 797. The van der Waals surface area contributed by atoms with Gasteiger partial charge in [0.25, 0.3) is 11.5 Å². The van der Waals surface area contributed by atoms with Gasteiger partial charge in [-0.3, -0.25) is 9.59 Å². The van der Waals surface area contributed by atoms with E-state index in [1.165, 1.54) is 12.1 Å². The third kappa shape index (κ3) is 3.86. The standard InChI is InChI=1S/C17H21FN4O2/c1-10-13(21-16(22-14(10)23)17(2,3)19-4)15(24)20-9-11-5-7-12(18)8-6-11/h5-8,19H,9H2,1-4H3,(H,20,24)(H,21,22,23). The first-order valence-electron chi connectivity index (χ1n) is 7.57. The van der Waals surface area contributed by atoms with Crippen molar-refractivity contribution in [3.8, 4) is 0 Å². The van der Waals surface area contributed by atoms with Crippen molar-refractivity contribution < 1.29 is 9.18 Å². The van der Waals surface area contributed by atoms with Gasteiger partial charge in [0, 0.05) is 12.1 Å².